The Morgan fingerprint density at radius 1 is 0.968 bits per heavy atom. The molecule has 0 saturated carbocycles. The van der Waals surface area contributed by atoms with Gasteiger partial charge in [-0.15, -0.1) is 0 Å². The number of non-ortho nitro benzene ring substituents is 1. The normalized spacial score (nSPS) is 10.6. The molecule has 0 radical (unpaired) electrons. The van der Waals surface area contributed by atoms with E-state index < -0.39 is 4.92 Å². The molecule has 1 N–H and O–H groups in total. The lowest BCUT2D eigenvalue weighted by Crippen LogP contribution is -2.04. The van der Waals surface area contributed by atoms with E-state index in [1.54, 1.807) is 36.4 Å². The highest BCUT2D eigenvalue weighted by Crippen LogP contribution is 2.38. The summed E-state index contributed by atoms with van der Waals surface area (Å²) in [4.78, 5) is 10.3. The van der Waals surface area contributed by atoms with Crippen LogP contribution in [0.15, 0.2) is 54.6 Å². The average Bonchev–Trinajstić information content (AvgIpc) is 2.73. The molecule has 0 aromatic heterocycles. The molecule has 0 saturated heterocycles. The molecule has 6 nitrogen and oxygen atoms in total. The molecule has 3 rings (SSSR count). The summed E-state index contributed by atoms with van der Waals surface area (Å²) in [5.74, 6) is 0.939. The van der Waals surface area contributed by atoms with E-state index in [0.717, 1.165) is 16.8 Å². The van der Waals surface area contributed by atoms with Crippen LogP contribution in [0.3, 0.4) is 0 Å². The quantitative estimate of drug-likeness (QED) is 0.259. The lowest BCUT2D eigenvalue weighted by Gasteiger charge is -2.16. The lowest BCUT2D eigenvalue weighted by molar-refractivity contribution is -0.384. The van der Waals surface area contributed by atoms with Gasteiger partial charge in [-0.1, -0.05) is 40.9 Å². The Morgan fingerprint density at radius 2 is 1.71 bits per heavy atom. The van der Waals surface area contributed by atoms with Crippen molar-refractivity contribution in [1.29, 1.82) is 0 Å². The second-order valence-electron chi connectivity index (χ2n) is 6.52. The Balaban J connectivity index is 1.73. The molecule has 0 heterocycles. The maximum Gasteiger partial charge on any atom is 0.269 e. The van der Waals surface area contributed by atoms with Crippen LogP contribution in [0.5, 0.6) is 11.5 Å². The van der Waals surface area contributed by atoms with Gasteiger partial charge in [-0.3, -0.25) is 10.1 Å². The molecule has 3 aromatic rings. The van der Waals surface area contributed by atoms with Crippen molar-refractivity contribution in [2.45, 2.75) is 20.1 Å². The molecule has 0 fully saturated rings. The minimum absolute atomic E-state index is 0.0366. The number of hydrogen-bond donors (Lipinski definition) is 1. The predicted molar refractivity (Wildman–Crippen MR) is 124 cm³/mol. The lowest BCUT2D eigenvalue weighted by atomic mass is 10.2. The number of benzene rings is 3. The van der Waals surface area contributed by atoms with Crippen molar-refractivity contribution < 1.29 is 14.4 Å². The van der Waals surface area contributed by atoms with Gasteiger partial charge in [0.2, 0.25) is 0 Å². The van der Waals surface area contributed by atoms with Gasteiger partial charge >= 0.3 is 0 Å². The van der Waals surface area contributed by atoms with E-state index in [2.05, 4.69) is 5.32 Å². The Hall–Kier alpha value is -2.67. The van der Waals surface area contributed by atoms with Crippen LogP contribution in [-0.2, 0) is 13.2 Å². The monoisotopic (exact) mass is 480 g/mol. The minimum atomic E-state index is -0.437. The largest absolute Gasteiger partial charge is 0.490 e. The minimum Gasteiger partial charge on any atom is -0.490 e. The van der Waals surface area contributed by atoms with E-state index in [1.165, 1.54) is 12.1 Å². The number of hydrogen-bond acceptors (Lipinski definition) is 5. The van der Waals surface area contributed by atoms with Crippen molar-refractivity contribution in [3.8, 4) is 11.5 Å². The topological polar surface area (TPSA) is 73.6 Å². The van der Waals surface area contributed by atoms with Crippen LogP contribution < -0.4 is 14.8 Å². The van der Waals surface area contributed by atoms with Crippen LogP contribution >= 0.6 is 34.8 Å². The Morgan fingerprint density at radius 3 is 2.35 bits per heavy atom. The summed E-state index contributed by atoms with van der Waals surface area (Å²) in [6, 6.07) is 15.0. The fourth-order valence-electron chi connectivity index (χ4n) is 2.82. The van der Waals surface area contributed by atoms with Crippen molar-refractivity contribution in [2.75, 3.05) is 11.9 Å². The molecule has 0 aliphatic heterocycles. The molecule has 162 valence electrons. The maximum absolute atomic E-state index is 10.8. The fourth-order valence-corrected chi connectivity index (χ4v) is 3.57. The zero-order chi connectivity index (χ0) is 22.4. The summed E-state index contributed by atoms with van der Waals surface area (Å²) in [7, 11) is 0. The molecule has 0 aliphatic carbocycles. The van der Waals surface area contributed by atoms with Gasteiger partial charge in [-0.05, 0) is 48.9 Å². The van der Waals surface area contributed by atoms with Crippen LogP contribution in [-0.4, -0.2) is 11.5 Å². The van der Waals surface area contributed by atoms with Crippen LogP contribution in [0.2, 0.25) is 15.1 Å². The first-order chi connectivity index (χ1) is 14.9. The van der Waals surface area contributed by atoms with Gasteiger partial charge in [0, 0.05) is 40.0 Å². The van der Waals surface area contributed by atoms with Crippen molar-refractivity contribution >= 4 is 46.2 Å². The number of nitrogens with one attached hydrogen (secondary N) is 1. The summed E-state index contributed by atoms with van der Waals surface area (Å²) < 4.78 is 11.6. The Bertz CT molecular complexity index is 1080. The molecular weight excluding hydrogens is 463 g/mol. The molecule has 0 unspecified atom stereocenters. The number of ether oxygens (including phenoxy) is 2. The summed E-state index contributed by atoms with van der Waals surface area (Å²) in [5.41, 5.74) is 2.42. The van der Waals surface area contributed by atoms with Gasteiger partial charge in [0.15, 0.2) is 11.5 Å². The molecule has 9 heteroatoms. The second kappa shape index (κ2) is 10.6. The Labute approximate surface area is 194 Å². The number of halogens is 3. The molecule has 0 bridgehead atoms. The van der Waals surface area contributed by atoms with Crippen LogP contribution in [0.4, 0.5) is 11.4 Å². The average molecular weight is 482 g/mol. The summed E-state index contributed by atoms with van der Waals surface area (Å²) in [6.45, 7) is 2.96. The van der Waals surface area contributed by atoms with E-state index >= 15 is 0 Å². The van der Waals surface area contributed by atoms with E-state index in [-0.39, 0.29) is 12.3 Å². The summed E-state index contributed by atoms with van der Waals surface area (Å²) in [5, 5.41) is 15.4. The molecular formula is C22H19Cl3N2O4. The predicted octanol–water partition coefficient (Wildman–Crippen LogP) is 7.14. The van der Waals surface area contributed by atoms with Crippen molar-refractivity contribution in [3.63, 3.8) is 0 Å². The first-order valence-corrected chi connectivity index (χ1v) is 10.5. The highest BCUT2D eigenvalue weighted by Gasteiger charge is 2.14. The summed E-state index contributed by atoms with van der Waals surface area (Å²) >= 11 is 18.6. The van der Waals surface area contributed by atoms with Gasteiger partial charge in [-0.25, -0.2) is 0 Å². The third-order valence-electron chi connectivity index (χ3n) is 4.33. The maximum atomic E-state index is 10.8. The van der Waals surface area contributed by atoms with Gasteiger partial charge < -0.3 is 14.8 Å². The van der Waals surface area contributed by atoms with Gasteiger partial charge in [0.05, 0.1) is 16.6 Å². The highest BCUT2D eigenvalue weighted by atomic mass is 35.5. The smallest absolute Gasteiger partial charge is 0.269 e. The SMILES string of the molecule is CCOc1cc(CNc2ccc([N+](=O)[O-])cc2)cc(Cl)c1OCc1ccc(Cl)cc1Cl. The van der Waals surface area contributed by atoms with E-state index in [0.29, 0.717) is 39.7 Å². The zero-order valence-corrected chi connectivity index (χ0v) is 18.8. The molecule has 0 atom stereocenters. The van der Waals surface area contributed by atoms with Crippen molar-refractivity contribution in [1.82, 2.24) is 0 Å². The number of nitro groups is 1. The Kier molecular flexibility index (Phi) is 7.85. The third kappa shape index (κ3) is 6.17. The molecule has 0 aliphatic rings. The standard InChI is InChI=1S/C22H19Cl3N2O4/c1-2-30-21-10-14(12-26-17-5-7-18(8-6-17)27(28)29)9-20(25)22(21)31-13-15-3-4-16(23)11-19(15)24/h3-11,26H,2,12-13H2,1H3. The first-order valence-electron chi connectivity index (χ1n) is 9.37. The van der Waals surface area contributed by atoms with Gasteiger partial charge in [0.25, 0.3) is 5.69 Å². The van der Waals surface area contributed by atoms with E-state index in [9.17, 15) is 10.1 Å². The third-order valence-corrected chi connectivity index (χ3v) is 5.20. The number of nitro benzene ring substituents is 1. The molecule has 3 aromatic carbocycles. The van der Waals surface area contributed by atoms with E-state index in [1.807, 2.05) is 13.0 Å². The van der Waals surface area contributed by atoms with Gasteiger partial charge in [-0.2, -0.15) is 0 Å². The molecule has 0 amide bonds. The first kappa shape index (κ1) is 23.0. The second-order valence-corrected chi connectivity index (χ2v) is 7.77. The van der Waals surface area contributed by atoms with Crippen LogP contribution in [0, 0.1) is 10.1 Å². The molecule has 0 spiro atoms. The van der Waals surface area contributed by atoms with Crippen molar-refractivity contribution in [2.24, 2.45) is 0 Å². The van der Waals surface area contributed by atoms with Gasteiger partial charge in [0.1, 0.15) is 6.61 Å². The van der Waals surface area contributed by atoms with Crippen molar-refractivity contribution in [3.05, 3.63) is 90.9 Å². The van der Waals surface area contributed by atoms with Crippen LogP contribution in [0.1, 0.15) is 18.1 Å². The number of nitrogens with zero attached hydrogens (tertiary/aromatic N) is 1. The zero-order valence-electron chi connectivity index (χ0n) is 16.5. The molecule has 31 heavy (non-hydrogen) atoms. The number of anilines is 1. The van der Waals surface area contributed by atoms with E-state index in [4.69, 9.17) is 44.3 Å². The fraction of sp³-hybridized carbons (Fsp3) is 0.182. The van der Waals surface area contributed by atoms with Crippen LogP contribution in [0.25, 0.3) is 0 Å². The summed E-state index contributed by atoms with van der Waals surface area (Å²) in [6.07, 6.45) is 0. The highest BCUT2D eigenvalue weighted by molar-refractivity contribution is 6.35. The number of rotatable bonds is 9.